The number of anilines is 1. The van der Waals surface area contributed by atoms with Crippen molar-refractivity contribution in [2.75, 3.05) is 18.8 Å². The lowest BCUT2D eigenvalue weighted by Crippen LogP contribution is -2.42. The first-order chi connectivity index (χ1) is 17.4. The largest absolute Gasteiger partial charge is 0.457 e. The van der Waals surface area contributed by atoms with E-state index in [2.05, 4.69) is 9.97 Å². The number of piperidine rings is 1. The second-order valence-corrected chi connectivity index (χ2v) is 9.36. The molecule has 4 aromatic rings. The zero-order chi connectivity index (χ0) is 25.2. The predicted molar refractivity (Wildman–Crippen MR) is 149 cm³/mol. The molecule has 2 aromatic carbocycles. The van der Waals surface area contributed by atoms with Crippen molar-refractivity contribution >= 4 is 46.3 Å². The summed E-state index contributed by atoms with van der Waals surface area (Å²) in [6.45, 7) is 1.32. The SMILES string of the molecule is BC(B)=C(B)C(=O)N1CCC[C@@H](n2nc(-c3ccc(Oc4ccccc4)cc3)c3c(N)ncnc32)C1. The number of benzene rings is 2. The van der Waals surface area contributed by atoms with Crippen LogP contribution in [0.25, 0.3) is 22.3 Å². The second-order valence-electron chi connectivity index (χ2n) is 9.36. The van der Waals surface area contributed by atoms with Gasteiger partial charge < -0.3 is 15.4 Å². The summed E-state index contributed by atoms with van der Waals surface area (Å²) in [6, 6.07) is 17.4. The summed E-state index contributed by atoms with van der Waals surface area (Å²) < 4.78 is 7.86. The Morgan fingerprint density at radius 2 is 1.72 bits per heavy atom. The summed E-state index contributed by atoms with van der Waals surface area (Å²) in [4.78, 5) is 23.7. The number of amides is 1. The Morgan fingerprint density at radius 3 is 2.44 bits per heavy atom. The molecule has 0 saturated carbocycles. The molecule has 11 heteroatoms. The Bertz CT molecular complexity index is 1440. The average molecular weight is 476 g/mol. The van der Waals surface area contributed by atoms with Gasteiger partial charge in [-0.25, -0.2) is 14.6 Å². The number of carbonyl (C=O) groups is 1. The van der Waals surface area contributed by atoms with E-state index >= 15 is 0 Å². The van der Waals surface area contributed by atoms with Gasteiger partial charge >= 0.3 is 0 Å². The molecular weight excluding hydrogens is 449 g/mol. The van der Waals surface area contributed by atoms with Crippen molar-refractivity contribution in [3.63, 3.8) is 0 Å². The topological polar surface area (TPSA) is 99.2 Å². The molecule has 1 amide bonds. The van der Waals surface area contributed by atoms with Gasteiger partial charge in [-0.05, 0) is 54.7 Å². The number of likely N-dealkylation sites (tertiary alicyclic amines) is 1. The van der Waals surface area contributed by atoms with Crippen LogP contribution in [0.2, 0.25) is 0 Å². The van der Waals surface area contributed by atoms with Crippen LogP contribution in [0.1, 0.15) is 18.9 Å². The molecule has 0 bridgehead atoms. The lowest BCUT2D eigenvalue weighted by molar-refractivity contribution is -0.128. The van der Waals surface area contributed by atoms with Gasteiger partial charge in [0.25, 0.3) is 0 Å². The van der Waals surface area contributed by atoms with Crippen LogP contribution in [0.15, 0.2) is 71.8 Å². The van der Waals surface area contributed by atoms with Crippen LogP contribution in [0.4, 0.5) is 5.82 Å². The summed E-state index contributed by atoms with van der Waals surface area (Å²) in [5.74, 6) is 1.97. The van der Waals surface area contributed by atoms with Gasteiger partial charge in [-0.15, -0.1) is 5.37 Å². The van der Waals surface area contributed by atoms with E-state index in [0.717, 1.165) is 58.4 Å². The molecule has 5 rings (SSSR count). The van der Waals surface area contributed by atoms with Crippen molar-refractivity contribution in [1.29, 1.82) is 0 Å². The van der Waals surface area contributed by atoms with Crippen molar-refractivity contribution in [2.24, 2.45) is 0 Å². The number of ether oxygens (including phenoxy) is 1. The quantitative estimate of drug-likeness (QED) is 0.343. The van der Waals surface area contributed by atoms with E-state index in [1.165, 1.54) is 6.33 Å². The third-order valence-electron chi connectivity index (χ3n) is 6.73. The van der Waals surface area contributed by atoms with E-state index in [-0.39, 0.29) is 11.9 Å². The highest BCUT2D eigenvalue weighted by atomic mass is 16.5. The lowest BCUT2D eigenvalue weighted by Gasteiger charge is -2.33. The fourth-order valence-corrected chi connectivity index (χ4v) is 4.55. The first kappa shape index (κ1) is 23.7. The maximum absolute atomic E-state index is 13.0. The van der Waals surface area contributed by atoms with Crippen molar-refractivity contribution in [1.82, 2.24) is 24.6 Å². The van der Waals surface area contributed by atoms with Crippen molar-refractivity contribution in [2.45, 2.75) is 18.9 Å². The summed E-state index contributed by atoms with van der Waals surface area (Å²) in [7, 11) is 5.83. The molecule has 2 aromatic heterocycles. The molecule has 1 saturated heterocycles. The molecule has 8 nitrogen and oxygen atoms in total. The number of nitrogens with two attached hydrogens (primary N) is 1. The highest BCUT2D eigenvalue weighted by Crippen LogP contribution is 2.35. The summed E-state index contributed by atoms with van der Waals surface area (Å²) >= 11 is 0. The first-order valence-electron chi connectivity index (χ1n) is 12.2. The molecule has 178 valence electrons. The van der Waals surface area contributed by atoms with Crippen LogP contribution in [0, 0.1) is 0 Å². The molecule has 0 aliphatic carbocycles. The van der Waals surface area contributed by atoms with Crippen molar-refractivity contribution in [3.8, 4) is 22.8 Å². The zero-order valence-electron chi connectivity index (χ0n) is 20.8. The molecule has 1 atom stereocenters. The molecular formula is C25H27B3N6O2. The third-order valence-corrected chi connectivity index (χ3v) is 6.73. The highest BCUT2D eigenvalue weighted by molar-refractivity contribution is 6.55. The summed E-state index contributed by atoms with van der Waals surface area (Å²) in [5.41, 5.74) is 9.41. The Morgan fingerprint density at radius 1 is 1.00 bits per heavy atom. The van der Waals surface area contributed by atoms with E-state index in [1.807, 2.05) is 87.7 Å². The average Bonchev–Trinajstić information content (AvgIpc) is 3.30. The van der Waals surface area contributed by atoms with Crippen LogP contribution in [0.5, 0.6) is 11.5 Å². The molecule has 1 aliphatic heterocycles. The molecule has 1 aliphatic rings. The van der Waals surface area contributed by atoms with Crippen molar-refractivity contribution in [3.05, 3.63) is 71.8 Å². The minimum absolute atomic E-state index is 0.00102. The van der Waals surface area contributed by atoms with Crippen LogP contribution < -0.4 is 10.5 Å². The van der Waals surface area contributed by atoms with E-state index in [9.17, 15) is 4.79 Å². The maximum atomic E-state index is 13.0. The van der Waals surface area contributed by atoms with E-state index in [1.54, 1.807) is 0 Å². The minimum Gasteiger partial charge on any atom is -0.457 e. The van der Waals surface area contributed by atoms with Gasteiger partial charge in [0, 0.05) is 18.7 Å². The van der Waals surface area contributed by atoms with Gasteiger partial charge in [0.1, 0.15) is 52.9 Å². The Balaban J connectivity index is 1.48. The van der Waals surface area contributed by atoms with Crippen LogP contribution in [-0.4, -0.2) is 67.2 Å². The molecule has 0 radical (unpaired) electrons. The Kier molecular flexibility index (Phi) is 6.54. The fourth-order valence-electron chi connectivity index (χ4n) is 4.55. The molecule has 2 N–H and O–H groups in total. The highest BCUT2D eigenvalue weighted by Gasteiger charge is 2.29. The number of hydrogen-bond acceptors (Lipinski definition) is 6. The lowest BCUT2D eigenvalue weighted by atomic mass is 9.69. The molecule has 1 fully saturated rings. The van der Waals surface area contributed by atoms with Gasteiger partial charge in [0.15, 0.2) is 5.65 Å². The van der Waals surface area contributed by atoms with E-state index < -0.39 is 0 Å². The molecule has 3 heterocycles. The normalized spacial score (nSPS) is 15.6. The van der Waals surface area contributed by atoms with Crippen LogP contribution >= 0.6 is 0 Å². The van der Waals surface area contributed by atoms with Gasteiger partial charge in [-0.1, -0.05) is 18.2 Å². The van der Waals surface area contributed by atoms with Gasteiger partial charge in [-0.3, -0.25) is 4.79 Å². The van der Waals surface area contributed by atoms with Gasteiger partial charge in [0.05, 0.1) is 11.4 Å². The fraction of sp³-hybridized carbons (Fsp3) is 0.200. The molecule has 36 heavy (non-hydrogen) atoms. The Hall–Kier alpha value is -4.01. The third kappa shape index (κ3) is 4.61. The first-order valence-corrected chi connectivity index (χ1v) is 12.2. The second kappa shape index (κ2) is 9.93. The number of carbonyl (C=O) groups excluding carboxylic acids is 1. The summed E-state index contributed by atoms with van der Waals surface area (Å²) in [5, 5.41) is 6.73. The predicted octanol–water partition coefficient (Wildman–Crippen LogP) is 1.10. The standard InChI is InChI=1S/C25H27B3N6O2/c26-20(22(27)28)25(35)33-12-4-5-16(13-33)34-24-19(23(29)30-14-31-24)21(32-34)15-8-10-18(11-9-15)36-17-6-2-1-3-7-17/h1-3,6-11,14,16H,4-5,12-13,26-28H2,(H2,29,30,31)/t16-/m1/s1. The number of fused-ring (bicyclic) bond motifs is 1. The summed E-state index contributed by atoms with van der Waals surface area (Å²) in [6.07, 6.45) is 3.27. The number of nitrogens with zero attached hydrogens (tertiary/aromatic N) is 5. The van der Waals surface area contributed by atoms with Gasteiger partial charge in [0.2, 0.25) is 5.91 Å². The van der Waals surface area contributed by atoms with E-state index in [0.29, 0.717) is 18.0 Å². The molecule has 0 unspecified atom stereocenters. The number of para-hydroxylation sites is 1. The van der Waals surface area contributed by atoms with Gasteiger partial charge in [-0.2, -0.15) is 5.10 Å². The minimum atomic E-state index is -0.00102. The smallest absolute Gasteiger partial charge is 0.238 e. The monoisotopic (exact) mass is 476 g/mol. The van der Waals surface area contributed by atoms with Crippen LogP contribution in [0.3, 0.4) is 0 Å². The maximum Gasteiger partial charge on any atom is 0.238 e. The number of nitrogen functional groups attached to an aromatic ring is 1. The number of rotatable bonds is 5. The number of hydrogen-bond donors (Lipinski definition) is 1. The number of aromatic nitrogens is 4. The zero-order valence-corrected chi connectivity index (χ0v) is 20.8. The van der Waals surface area contributed by atoms with Crippen LogP contribution in [-0.2, 0) is 4.79 Å². The van der Waals surface area contributed by atoms with E-state index in [4.69, 9.17) is 15.6 Å². The Labute approximate surface area is 212 Å². The molecule has 0 spiro atoms. The van der Waals surface area contributed by atoms with Crippen molar-refractivity contribution < 1.29 is 9.53 Å².